The Balaban J connectivity index is 1.88. The van der Waals surface area contributed by atoms with Crippen LogP contribution in [0, 0.1) is 0 Å². The average molecular weight is 346 g/mol. The highest BCUT2D eigenvalue weighted by atomic mass is 16.2. The van der Waals surface area contributed by atoms with E-state index in [4.69, 9.17) is 0 Å². The molecule has 2 rings (SSSR count). The van der Waals surface area contributed by atoms with E-state index in [0.717, 1.165) is 25.8 Å². The molecule has 0 aromatic heterocycles. The summed E-state index contributed by atoms with van der Waals surface area (Å²) in [5.41, 5.74) is 2.57. The molecule has 0 bridgehead atoms. The normalized spacial score (nSPS) is 16.4. The lowest BCUT2D eigenvalue weighted by atomic mass is 10.0. The van der Waals surface area contributed by atoms with Crippen molar-refractivity contribution < 1.29 is 14.5 Å². The number of hydrogen-bond acceptors (Lipinski definition) is 2. The molecule has 25 heavy (non-hydrogen) atoms. The summed E-state index contributed by atoms with van der Waals surface area (Å²) in [6.45, 7) is 9.45. The number of carbonyl (C=O) groups excluding carboxylic acids is 2. The van der Waals surface area contributed by atoms with Crippen LogP contribution < -0.4 is 15.5 Å². The van der Waals surface area contributed by atoms with Crippen LogP contribution in [0.4, 0.5) is 4.79 Å². The summed E-state index contributed by atoms with van der Waals surface area (Å²) < 4.78 is 0. The minimum absolute atomic E-state index is 0.0687. The number of carbonyl (C=O) groups is 2. The molecule has 0 radical (unpaired) electrons. The summed E-state index contributed by atoms with van der Waals surface area (Å²) in [5, 5.41) is 5.22. The highest BCUT2D eigenvalue weighted by Gasteiger charge is 2.34. The molecule has 5 nitrogen and oxygen atoms in total. The smallest absolute Gasteiger partial charge is 0.321 e. The fourth-order valence-electron chi connectivity index (χ4n) is 2.86. The van der Waals surface area contributed by atoms with Crippen LogP contribution in [0.25, 0.3) is 0 Å². The zero-order chi connectivity index (χ0) is 18.4. The van der Waals surface area contributed by atoms with Crippen LogP contribution >= 0.6 is 0 Å². The van der Waals surface area contributed by atoms with Crippen molar-refractivity contribution in [2.24, 2.45) is 0 Å². The van der Waals surface area contributed by atoms with Crippen molar-refractivity contribution in [2.75, 3.05) is 6.54 Å². The molecule has 3 N–H and O–H groups in total. The van der Waals surface area contributed by atoms with Crippen molar-refractivity contribution in [3.8, 4) is 0 Å². The van der Waals surface area contributed by atoms with Gasteiger partial charge in [0.1, 0.15) is 6.54 Å². The van der Waals surface area contributed by atoms with Gasteiger partial charge in [-0.15, -0.1) is 0 Å². The molecule has 0 heterocycles. The Morgan fingerprint density at radius 1 is 1.16 bits per heavy atom. The van der Waals surface area contributed by atoms with E-state index >= 15 is 0 Å². The van der Waals surface area contributed by atoms with E-state index in [0.29, 0.717) is 18.5 Å². The number of nitrogens with one attached hydrogen (secondary N) is 3. The molecule has 1 aliphatic carbocycles. The van der Waals surface area contributed by atoms with Crippen molar-refractivity contribution in [2.45, 2.75) is 71.5 Å². The Morgan fingerprint density at radius 3 is 2.32 bits per heavy atom. The van der Waals surface area contributed by atoms with Gasteiger partial charge >= 0.3 is 6.03 Å². The Bertz CT molecular complexity index is 579. The summed E-state index contributed by atoms with van der Waals surface area (Å²) in [4.78, 5) is 25.2. The van der Waals surface area contributed by atoms with Crippen molar-refractivity contribution in [1.82, 2.24) is 10.6 Å². The van der Waals surface area contributed by atoms with Gasteiger partial charge in [0.05, 0.1) is 6.04 Å². The maximum atomic E-state index is 12.2. The molecule has 0 saturated heterocycles. The first kappa shape index (κ1) is 19.4. The predicted molar refractivity (Wildman–Crippen MR) is 99.5 cm³/mol. The second-order valence-corrected chi connectivity index (χ2v) is 7.51. The quantitative estimate of drug-likeness (QED) is 0.674. The van der Waals surface area contributed by atoms with E-state index in [2.05, 4.69) is 48.7 Å². The maximum Gasteiger partial charge on any atom is 0.321 e. The van der Waals surface area contributed by atoms with Crippen LogP contribution in [0.5, 0.6) is 0 Å². The van der Waals surface area contributed by atoms with Crippen LogP contribution in [0.2, 0.25) is 0 Å². The molecule has 1 aromatic carbocycles. The van der Waals surface area contributed by atoms with Gasteiger partial charge in [-0.3, -0.25) is 10.1 Å². The van der Waals surface area contributed by atoms with Gasteiger partial charge in [0.25, 0.3) is 5.91 Å². The summed E-state index contributed by atoms with van der Waals surface area (Å²) in [6.07, 6.45) is 3.16. The fourth-order valence-corrected chi connectivity index (χ4v) is 2.86. The first-order chi connectivity index (χ1) is 11.9. The Morgan fingerprint density at radius 2 is 1.80 bits per heavy atom. The molecule has 0 aliphatic heterocycles. The van der Waals surface area contributed by atoms with E-state index in [1.165, 1.54) is 16.0 Å². The fraction of sp³-hybridized carbons (Fsp3) is 0.600. The van der Waals surface area contributed by atoms with Crippen LogP contribution in [0.1, 0.15) is 64.0 Å². The van der Waals surface area contributed by atoms with E-state index in [1.807, 2.05) is 13.8 Å². The lowest BCUT2D eigenvalue weighted by Gasteiger charge is -2.19. The minimum Gasteiger partial charge on any atom is -0.335 e. The Labute approximate surface area is 151 Å². The van der Waals surface area contributed by atoms with Crippen molar-refractivity contribution >= 4 is 11.9 Å². The van der Waals surface area contributed by atoms with Gasteiger partial charge in [-0.2, -0.15) is 0 Å². The first-order valence-corrected chi connectivity index (χ1v) is 9.42. The van der Waals surface area contributed by atoms with E-state index in [1.54, 1.807) is 0 Å². The van der Waals surface area contributed by atoms with Gasteiger partial charge in [-0.25, -0.2) is 4.79 Å². The third-order valence-corrected chi connectivity index (χ3v) is 4.86. The molecule has 3 amide bonds. The van der Waals surface area contributed by atoms with Crippen LogP contribution in [0.15, 0.2) is 24.3 Å². The molecule has 1 aliphatic rings. The number of amides is 3. The predicted octanol–water partition coefficient (Wildman–Crippen LogP) is 1.98. The zero-order valence-electron chi connectivity index (χ0n) is 15.9. The minimum atomic E-state index is -0.393. The van der Waals surface area contributed by atoms with E-state index in [-0.39, 0.29) is 11.9 Å². The van der Waals surface area contributed by atoms with Gasteiger partial charge in [0.2, 0.25) is 0 Å². The lowest BCUT2D eigenvalue weighted by Crippen LogP contribution is -3.13. The van der Waals surface area contributed by atoms with E-state index in [9.17, 15) is 9.59 Å². The topological polar surface area (TPSA) is 62.6 Å². The molecular formula is C20H32N3O2+. The summed E-state index contributed by atoms with van der Waals surface area (Å²) in [5.74, 6) is 0.317. The largest absolute Gasteiger partial charge is 0.335 e. The molecule has 1 unspecified atom stereocenters. The number of rotatable bonds is 8. The summed E-state index contributed by atoms with van der Waals surface area (Å²) >= 11 is 0. The number of benzene rings is 1. The Hall–Kier alpha value is -1.88. The third-order valence-electron chi connectivity index (χ3n) is 4.86. The molecule has 1 aromatic rings. The van der Waals surface area contributed by atoms with Gasteiger partial charge in [0.15, 0.2) is 6.54 Å². The highest BCUT2D eigenvalue weighted by Crippen LogP contribution is 2.17. The molecule has 5 heteroatoms. The van der Waals surface area contributed by atoms with Crippen LogP contribution in [0.3, 0.4) is 0 Å². The highest BCUT2D eigenvalue weighted by molar-refractivity contribution is 5.94. The zero-order valence-corrected chi connectivity index (χ0v) is 15.9. The van der Waals surface area contributed by atoms with Gasteiger partial charge in [0, 0.05) is 24.4 Å². The van der Waals surface area contributed by atoms with Gasteiger partial charge in [-0.05, 0) is 24.8 Å². The monoisotopic (exact) mass is 346 g/mol. The average Bonchev–Trinajstić information content (AvgIpc) is 3.39. The van der Waals surface area contributed by atoms with Crippen molar-refractivity contribution in [3.05, 3.63) is 35.4 Å². The summed E-state index contributed by atoms with van der Waals surface area (Å²) in [6, 6.07) is 8.87. The number of imide groups is 1. The third kappa shape index (κ3) is 6.50. The number of urea groups is 1. The van der Waals surface area contributed by atoms with Crippen molar-refractivity contribution in [3.63, 3.8) is 0 Å². The second kappa shape index (κ2) is 8.99. The molecule has 138 valence electrons. The molecule has 1 saturated carbocycles. The molecule has 1 fully saturated rings. The Kier molecular flexibility index (Phi) is 7.00. The standard InChI is InChI=1S/C20H31N3O2/c1-5-15(4)21-20(25)22-19(24)13-23(18-10-11-18)12-16-6-8-17(9-7-16)14(2)3/h6-9,14-15,18H,5,10-13H2,1-4H3,(H2,21,22,24,25)/p+1/t15-/m0/s1. The van der Waals surface area contributed by atoms with Crippen molar-refractivity contribution in [1.29, 1.82) is 0 Å². The SMILES string of the molecule is CC[C@H](C)NC(=O)NC(=O)C[NH+](Cc1ccc(C(C)C)cc1)C1CC1. The molecule has 0 spiro atoms. The van der Waals surface area contributed by atoms with Crippen LogP contribution in [-0.2, 0) is 11.3 Å². The first-order valence-electron chi connectivity index (χ1n) is 9.42. The van der Waals surface area contributed by atoms with E-state index < -0.39 is 6.03 Å². The second-order valence-electron chi connectivity index (χ2n) is 7.51. The number of quaternary nitrogens is 1. The molecule has 2 atom stereocenters. The number of hydrogen-bond donors (Lipinski definition) is 3. The van der Waals surface area contributed by atoms with Gasteiger partial charge in [-0.1, -0.05) is 45.0 Å². The maximum absolute atomic E-state index is 12.2. The van der Waals surface area contributed by atoms with Crippen LogP contribution in [-0.4, -0.2) is 30.6 Å². The summed E-state index contributed by atoms with van der Waals surface area (Å²) in [7, 11) is 0. The molecular weight excluding hydrogens is 314 g/mol. The van der Waals surface area contributed by atoms with Gasteiger partial charge < -0.3 is 10.2 Å². The lowest BCUT2D eigenvalue weighted by molar-refractivity contribution is -0.917.